The Morgan fingerprint density at radius 3 is 2.70 bits per heavy atom. The van der Waals surface area contributed by atoms with Gasteiger partial charge in [-0.05, 0) is 36.4 Å². The highest BCUT2D eigenvalue weighted by molar-refractivity contribution is 6.04. The predicted octanol–water partition coefficient (Wildman–Crippen LogP) is 2.58. The van der Waals surface area contributed by atoms with E-state index in [0.29, 0.717) is 42.8 Å². The maximum Gasteiger partial charge on any atom is 0.258 e. The van der Waals surface area contributed by atoms with Crippen molar-refractivity contribution in [3.05, 3.63) is 65.9 Å². The first kappa shape index (κ1) is 21.4. The molecule has 3 aromatic rings. The minimum absolute atomic E-state index is 0.0450. The summed E-state index contributed by atoms with van der Waals surface area (Å²) in [4.78, 5) is 12.4. The van der Waals surface area contributed by atoms with E-state index in [-0.39, 0.29) is 12.2 Å². The predicted molar refractivity (Wildman–Crippen MR) is 108 cm³/mol. The number of aliphatic hydroxyl groups excluding tert-OH is 1. The molecule has 0 aliphatic carbocycles. The maximum atomic E-state index is 13.9. The number of aromatic nitrogens is 2. The van der Waals surface area contributed by atoms with Gasteiger partial charge in [0.25, 0.3) is 5.91 Å². The van der Waals surface area contributed by atoms with Crippen LogP contribution in [0.1, 0.15) is 10.4 Å². The zero-order valence-electron chi connectivity index (χ0n) is 16.4. The number of hydrogen-bond donors (Lipinski definition) is 3. The second-order valence-electron chi connectivity index (χ2n) is 6.45. The van der Waals surface area contributed by atoms with Crippen LogP contribution in [0.3, 0.4) is 0 Å². The van der Waals surface area contributed by atoms with Gasteiger partial charge in [-0.25, -0.2) is 8.78 Å². The highest BCUT2D eigenvalue weighted by atomic mass is 19.1. The number of benzene rings is 2. The molecule has 0 aliphatic heterocycles. The number of aryl methyl sites for hydroxylation is 1. The summed E-state index contributed by atoms with van der Waals surface area (Å²) in [6, 6.07) is 9.63. The first-order chi connectivity index (χ1) is 14.5. The normalized spacial score (nSPS) is 10.8. The van der Waals surface area contributed by atoms with Crippen LogP contribution in [0.15, 0.2) is 48.7 Å². The Morgan fingerprint density at radius 2 is 2.00 bits per heavy atom. The van der Waals surface area contributed by atoms with Crippen molar-refractivity contribution in [3.8, 4) is 17.0 Å². The third-order valence-corrected chi connectivity index (χ3v) is 4.34. The number of amides is 1. The standard InChI is InChI=1S/C21H22F2N4O3/c1-27-19(6-7-25-27)17-13-15(3-5-20(17)30-11-9-24-8-10-28)26-21(29)16-4-2-14(22)12-18(16)23/h2-7,12-13,24,28H,8-11H2,1H3,(H,26,29). The van der Waals surface area contributed by atoms with Crippen LogP contribution in [0.25, 0.3) is 11.3 Å². The fraction of sp³-hybridized carbons (Fsp3) is 0.238. The van der Waals surface area contributed by atoms with Gasteiger partial charge in [-0.2, -0.15) is 5.10 Å². The number of nitrogens with zero attached hydrogens (tertiary/aromatic N) is 2. The van der Waals surface area contributed by atoms with Crippen molar-refractivity contribution in [2.24, 2.45) is 7.05 Å². The molecule has 1 heterocycles. The van der Waals surface area contributed by atoms with Crippen molar-refractivity contribution < 1.29 is 23.4 Å². The van der Waals surface area contributed by atoms with Crippen molar-refractivity contribution in [3.63, 3.8) is 0 Å². The van der Waals surface area contributed by atoms with E-state index < -0.39 is 17.5 Å². The lowest BCUT2D eigenvalue weighted by atomic mass is 10.1. The molecule has 9 heteroatoms. The lowest BCUT2D eigenvalue weighted by molar-refractivity contribution is 0.102. The van der Waals surface area contributed by atoms with Gasteiger partial charge in [0.05, 0.1) is 17.9 Å². The van der Waals surface area contributed by atoms with Crippen LogP contribution < -0.4 is 15.4 Å². The van der Waals surface area contributed by atoms with Crippen LogP contribution in [0.5, 0.6) is 5.75 Å². The molecule has 0 bridgehead atoms. The van der Waals surface area contributed by atoms with Crippen LogP contribution in [0, 0.1) is 11.6 Å². The van der Waals surface area contributed by atoms with Crippen LogP contribution in [-0.4, -0.2) is 47.1 Å². The smallest absolute Gasteiger partial charge is 0.258 e. The van der Waals surface area contributed by atoms with Gasteiger partial charge in [0, 0.05) is 43.7 Å². The molecule has 0 radical (unpaired) electrons. The Balaban J connectivity index is 1.82. The molecule has 0 spiro atoms. The van der Waals surface area contributed by atoms with Gasteiger partial charge in [0.1, 0.15) is 24.0 Å². The molecule has 158 valence electrons. The third-order valence-electron chi connectivity index (χ3n) is 4.34. The second kappa shape index (κ2) is 9.95. The van der Waals surface area contributed by atoms with Crippen LogP contribution in [0.2, 0.25) is 0 Å². The van der Waals surface area contributed by atoms with Gasteiger partial charge in [-0.15, -0.1) is 0 Å². The summed E-state index contributed by atoms with van der Waals surface area (Å²) in [6.45, 7) is 1.44. The van der Waals surface area contributed by atoms with Gasteiger partial charge in [0.15, 0.2) is 0 Å². The maximum absolute atomic E-state index is 13.9. The molecule has 0 aliphatic rings. The average Bonchev–Trinajstić information content (AvgIpc) is 3.14. The van der Waals surface area contributed by atoms with E-state index in [1.807, 2.05) is 0 Å². The summed E-state index contributed by atoms with van der Waals surface area (Å²) in [7, 11) is 1.78. The lowest BCUT2D eigenvalue weighted by Crippen LogP contribution is -2.24. The van der Waals surface area contributed by atoms with Crippen molar-refractivity contribution in [2.45, 2.75) is 0 Å². The average molecular weight is 416 g/mol. The largest absolute Gasteiger partial charge is 0.492 e. The summed E-state index contributed by atoms with van der Waals surface area (Å²) in [6.07, 6.45) is 1.64. The molecule has 7 nitrogen and oxygen atoms in total. The van der Waals surface area contributed by atoms with Crippen molar-refractivity contribution >= 4 is 11.6 Å². The molecule has 0 unspecified atom stereocenters. The Hall–Kier alpha value is -3.30. The molecule has 2 aromatic carbocycles. The summed E-state index contributed by atoms with van der Waals surface area (Å²) in [5, 5.41) is 18.6. The van der Waals surface area contributed by atoms with Gasteiger partial charge in [-0.3, -0.25) is 9.48 Å². The van der Waals surface area contributed by atoms with Crippen molar-refractivity contribution in [2.75, 3.05) is 31.6 Å². The molecule has 0 fully saturated rings. The van der Waals surface area contributed by atoms with Crippen LogP contribution in [-0.2, 0) is 7.05 Å². The van der Waals surface area contributed by atoms with Crippen molar-refractivity contribution in [1.29, 1.82) is 0 Å². The summed E-state index contributed by atoms with van der Waals surface area (Å²) in [5.41, 5.74) is 1.62. The summed E-state index contributed by atoms with van der Waals surface area (Å²) < 4.78 is 34.5. The van der Waals surface area contributed by atoms with Crippen LogP contribution >= 0.6 is 0 Å². The number of rotatable bonds is 9. The topological polar surface area (TPSA) is 88.4 Å². The minimum Gasteiger partial charge on any atom is -0.492 e. The zero-order chi connectivity index (χ0) is 21.5. The number of anilines is 1. The fourth-order valence-electron chi connectivity index (χ4n) is 2.88. The molecule has 0 saturated heterocycles. The summed E-state index contributed by atoms with van der Waals surface area (Å²) in [5.74, 6) is -1.80. The number of hydrogen-bond acceptors (Lipinski definition) is 5. The number of halogens is 2. The number of aliphatic hydroxyl groups is 1. The molecule has 1 aromatic heterocycles. The van der Waals surface area contributed by atoms with Gasteiger partial charge < -0.3 is 20.5 Å². The Kier molecular flexibility index (Phi) is 7.10. The van der Waals surface area contributed by atoms with E-state index in [9.17, 15) is 13.6 Å². The van der Waals surface area contributed by atoms with E-state index >= 15 is 0 Å². The van der Waals surface area contributed by atoms with E-state index in [1.165, 1.54) is 0 Å². The first-order valence-corrected chi connectivity index (χ1v) is 9.33. The highest BCUT2D eigenvalue weighted by Crippen LogP contribution is 2.32. The SMILES string of the molecule is Cn1nccc1-c1cc(NC(=O)c2ccc(F)cc2F)ccc1OCCNCCO. The molecule has 3 rings (SSSR count). The van der Waals surface area contributed by atoms with Gasteiger partial charge in [-0.1, -0.05) is 0 Å². The Bertz CT molecular complexity index is 1020. The molecular weight excluding hydrogens is 394 g/mol. The lowest BCUT2D eigenvalue weighted by Gasteiger charge is -2.14. The summed E-state index contributed by atoms with van der Waals surface area (Å²) >= 11 is 0. The monoisotopic (exact) mass is 416 g/mol. The fourth-order valence-corrected chi connectivity index (χ4v) is 2.88. The van der Waals surface area contributed by atoms with E-state index in [1.54, 1.807) is 42.2 Å². The molecule has 0 atom stereocenters. The zero-order valence-corrected chi connectivity index (χ0v) is 16.4. The van der Waals surface area contributed by atoms with E-state index in [0.717, 1.165) is 17.8 Å². The van der Waals surface area contributed by atoms with Crippen LogP contribution in [0.4, 0.5) is 14.5 Å². The number of carbonyl (C=O) groups excluding carboxylic acids is 1. The molecule has 3 N–H and O–H groups in total. The Labute approximate surface area is 172 Å². The number of nitrogens with one attached hydrogen (secondary N) is 2. The number of carbonyl (C=O) groups is 1. The molecule has 30 heavy (non-hydrogen) atoms. The Morgan fingerprint density at radius 1 is 1.17 bits per heavy atom. The van der Waals surface area contributed by atoms with E-state index in [4.69, 9.17) is 9.84 Å². The van der Waals surface area contributed by atoms with Gasteiger partial charge >= 0.3 is 0 Å². The molecule has 0 saturated carbocycles. The number of ether oxygens (including phenoxy) is 1. The minimum atomic E-state index is -0.935. The van der Waals surface area contributed by atoms with E-state index in [2.05, 4.69) is 15.7 Å². The highest BCUT2D eigenvalue weighted by Gasteiger charge is 2.16. The quantitative estimate of drug-likeness (QED) is 0.467. The third kappa shape index (κ3) is 5.19. The van der Waals surface area contributed by atoms with Crippen molar-refractivity contribution in [1.82, 2.24) is 15.1 Å². The molecular formula is C21H22F2N4O3. The second-order valence-corrected chi connectivity index (χ2v) is 6.45. The first-order valence-electron chi connectivity index (χ1n) is 9.33. The molecule has 1 amide bonds. The van der Waals surface area contributed by atoms with Gasteiger partial charge in [0.2, 0.25) is 0 Å².